The molecular weight excluding hydrogens is 262 g/mol. The number of nitrogens with two attached hydrogens (primary N) is 1. The maximum atomic E-state index is 12.6. The molecule has 1 unspecified atom stereocenters. The summed E-state index contributed by atoms with van der Waals surface area (Å²) in [7, 11) is 0. The zero-order chi connectivity index (χ0) is 15.2. The number of rotatable bonds is 6. The first kappa shape index (κ1) is 16.0. The number of hydrogen-bond acceptors (Lipinski definition) is 3. The van der Waals surface area contributed by atoms with E-state index in [1.54, 1.807) is 12.4 Å². The molecule has 1 saturated heterocycles. The van der Waals surface area contributed by atoms with Gasteiger partial charge in [0.05, 0.1) is 6.04 Å². The average molecular weight is 289 g/mol. The normalized spacial score (nSPS) is 20.0. The van der Waals surface area contributed by atoms with E-state index in [2.05, 4.69) is 18.8 Å². The molecule has 1 aliphatic rings. The number of hydrogen-bond donors (Lipinski definition) is 1. The Morgan fingerprint density at radius 1 is 1.43 bits per heavy atom. The molecule has 21 heavy (non-hydrogen) atoms. The van der Waals surface area contributed by atoms with Gasteiger partial charge in [-0.15, -0.1) is 0 Å². The highest BCUT2D eigenvalue weighted by molar-refractivity contribution is 5.77. The first-order valence-electron chi connectivity index (χ1n) is 8.01. The quantitative estimate of drug-likeness (QED) is 0.876. The van der Waals surface area contributed by atoms with Gasteiger partial charge in [-0.2, -0.15) is 0 Å². The average Bonchev–Trinajstić information content (AvgIpc) is 2.96. The molecule has 4 heteroatoms. The highest BCUT2D eigenvalue weighted by Crippen LogP contribution is 2.32. The summed E-state index contributed by atoms with van der Waals surface area (Å²) in [6, 6.07) is 4.26. The van der Waals surface area contributed by atoms with Gasteiger partial charge in [0.1, 0.15) is 0 Å². The summed E-state index contributed by atoms with van der Waals surface area (Å²) in [6.45, 7) is 5.83. The summed E-state index contributed by atoms with van der Waals surface area (Å²) in [5.41, 5.74) is 7.03. The molecule has 1 aliphatic heterocycles. The number of nitrogens with zero attached hydrogens (tertiary/aromatic N) is 2. The Morgan fingerprint density at radius 2 is 2.14 bits per heavy atom. The lowest BCUT2D eigenvalue weighted by Gasteiger charge is -2.27. The summed E-state index contributed by atoms with van der Waals surface area (Å²) in [4.78, 5) is 18.7. The highest BCUT2D eigenvalue weighted by atomic mass is 16.2. The molecule has 0 radical (unpaired) electrons. The van der Waals surface area contributed by atoms with E-state index in [4.69, 9.17) is 5.73 Å². The number of carbonyl (C=O) groups is 1. The van der Waals surface area contributed by atoms with Crippen LogP contribution in [0.2, 0.25) is 0 Å². The Hall–Kier alpha value is -1.42. The minimum absolute atomic E-state index is 0.220. The molecule has 4 nitrogen and oxygen atoms in total. The van der Waals surface area contributed by atoms with Crippen LogP contribution < -0.4 is 5.73 Å². The lowest BCUT2D eigenvalue weighted by Crippen LogP contribution is -2.33. The van der Waals surface area contributed by atoms with Gasteiger partial charge in [-0.25, -0.2) is 0 Å². The molecular formula is C17H27N3O. The Balaban J connectivity index is 2.00. The fraction of sp³-hybridized carbons (Fsp3) is 0.647. The predicted molar refractivity (Wildman–Crippen MR) is 84.5 cm³/mol. The van der Waals surface area contributed by atoms with E-state index in [1.165, 1.54) is 5.56 Å². The highest BCUT2D eigenvalue weighted by Gasteiger charge is 2.30. The molecule has 2 rings (SSSR count). The van der Waals surface area contributed by atoms with E-state index >= 15 is 0 Å². The number of likely N-dealkylation sites (tertiary alicyclic amines) is 1. The van der Waals surface area contributed by atoms with Crippen LogP contribution in [-0.4, -0.2) is 28.9 Å². The smallest absolute Gasteiger partial charge is 0.223 e. The second-order valence-electron chi connectivity index (χ2n) is 6.46. The first-order valence-corrected chi connectivity index (χ1v) is 8.01. The molecule has 0 aliphatic carbocycles. The van der Waals surface area contributed by atoms with E-state index in [9.17, 15) is 4.79 Å². The monoisotopic (exact) mass is 289 g/mol. The SMILES string of the molecule is CC(C)C[C@H](CN)CC(=O)N1CCCC1c1ccncc1. The minimum atomic E-state index is 0.220. The van der Waals surface area contributed by atoms with E-state index in [0.717, 1.165) is 25.8 Å². The van der Waals surface area contributed by atoms with Crippen molar-refractivity contribution in [3.63, 3.8) is 0 Å². The van der Waals surface area contributed by atoms with Crippen molar-refractivity contribution in [2.45, 2.75) is 45.6 Å². The number of pyridine rings is 1. The molecule has 1 aromatic heterocycles. The van der Waals surface area contributed by atoms with Crippen LogP contribution in [0.1, 0.15) is 51.1 Å². The van der Waals surface area contributed by atoms with Crippen LogP contribution in [0.4, 0.5) is 0 Å². The van der Waals surface area contributed by atoms with Gasteiger partial charge >= 0.3 is 0 Å². The van der Waals surface area contributed by atoms with Crippen molar-refractivity contribution in [3.8, 4) is 0 Å². The van der Waals surface area contributed by atoms with Crippen molar-refractivity contribution in [3.05, 3.63) is 30.1 Å². The van der Waals surface area contributed by atoms with Gasteiger partial charge in [0.15, 0.2) is 0 Å². The fourth-order valence-electron chi connectivity index (χ4n) is 3.29. The molecule has 1 amide bonds. The molecule has 2 N–H and O–H groups in total. The standard InChI is InChI=1S/C17H27N3O/c1-13(2)10-14(12-18)11-17(21)20-9-3-4-16(20)15-5-7-19-8-6-15/h5-8,13-14,16H,3-4,9-12,18H2,1-2H3/t14-,16?/m0/s1. The van der Waals surface area contributed by atoms with E-state index in [1.807, 2.05) is 17.0 Å². The van der Waals surface area contributed by atoms with Gasteiger partial charge < -0.3 is 10.6 Å². The lowest BCUT2D eigenvalue weighted by atomic mass is 9.93. The minimum Gasteiger partial charge on any atom is -0.336 e. The Morgan fingerprint density at radius 3 is 2.76 bits per heavy atom. The van der Waals surface area contributed by atoms with Gasteiger partial charge in [0, 0.05) is 25.4 Å². The molecule has 0 saturated carbocycles. The lowest BCUT2D eigenvalue weighted by molar-refractivity contribution is -0.133. The third-order valence-corrected chi connectivity index (χ3v) is 4.27. The molecule has 0 spiro atoms. The van der Waals surface area contributed by atoms with E-state index in [-0.39, 0.29) is 11.9 Å². The summed E-state index contributed by atoms with van der Waals surface area (Å²) in [5, 5.41) is 0. The Labute approximate surface area is 127 Å². The topological polar surface area (TPSA) is 59.2 Å². The van der Waals surface area contributed by atoms with Gasteiger partial charge in [-0.05, 0) is 55.3 Å². The molecule has 0 bridgehead atoms. The maximum absolute atomic E-state index is 12.6. The first-order chi connectivity index (χ1) is 10.1. The third kappa shape index (κ3) is 4.27. The summed E-state index contributed by atoms with van der Waals surface area (Å²) < 4.78 is 0. The second kappa shape index (κ2) is 7.55. The second-order valence-corrected chi connectivity index (χ2v) is 6.46. The van der Waals surface area contributed by atoms with Crippen LogP contribution >= 0.6 is 0 Å². The summed E-state index contributed by atoms with van der Waals surface area (Å²) in [6.07, 6.45) is 7.34. The van der Waals surface area contributed by atoms with Crippen molar-refractivity contribution in [2.24, 2.45) is 17.6 Å². The van der Waals surface area contributed by atoms with E-state index < -0.39 is 0 Å². The zero-order valence-electron chi connectivity index (χ0n) is 13.2. The van der Waals surface area contributed by atoms with Crippen molar-refractivity contribution in [2.75, 3.05) is 13.1 Å². The Kier molecular flexibility index (Phi) is 5.74. The van der Waals surface area contributed by atoms with Crippen LogP contribution in [0, 0.1) is 11.8 Å². The fourth-order valence-corrected chi connectivity index (χ4v) is 3.29. The summed E-state index contributed by atoms with van der Waals surface area (Å²) in [5.74, 6) is 1.14. The molecule has 0 aromatic carbocycles. The molecule has 2 atom stereocenters. The Bertz CT molecular complexity index is 447. The third-order valence-electron chi connectivity index (χ3n) is 4.27. The molecule has 1 aromatic rings. The molecule has 116 valence electrons. The predicted octanol–water partition coefficient (Wildman–Crippen LogP) is 2.76. The van der Waals surface area contributed by atoms with Crippen LogP contribution in [0.5, 0.6) is 0 Å². The largest absolute Gasteiger partial charge is 0.336 e. The van der Waals surface area contributed by atoms with E-state index in [0.29, 0.717) is 24.8 Å². The van der Waals surface area contributed by atoms with Crippen molar-refractivity contribution < 1.29 is 4.79 Å². The molecule has 2 heterocycles. The maximum Gasteiger partial charge on any atom is 0.223 e. The number of aromatic nitrogens is 1. The van der Waals surface area contributed by atoms with Crippen LogP contribution in [0.15, 0.2) is 24.5 Å². The van der Waals surface area contributed by atoms with Crippen LogP contribution in [0.3, 0.4) is 0 Å². The van der Waals surface area contributed by atoms with Gasteiger partial charge in [-0.3, -0.25) is 9.78 Å². The van der Waals surface area contributed by atoms with Crippen LogP contribution in [0.25, 0.3) is 0 Å². The van der Waals surface area contributed by atoms with Gasteiger partial charge in [-0.1, -0.05) is 13.8 Å². The van der Waals surface area contributed by atoms with Crippen LogP contribution in [-0.2, 0) is 4.79 Å². The van der Waals surface area contributed by atoms with Crippen molar-refractivity contribution in [1.29, 1.82) is 0 Å². The van der Waals surface area contributed by atoms with Gasteiger partial charge in [0.25, 0.3) is 0 Å². The zero-order valence-corrected chi connectivity index (χ0v) is 13.2. The molecule has 1 fully saturated rings. The number of carbonyl (C=O) groups excluding carboxylic acids is 1. The summed E-state index contributed by atoms with van der Waals surface area (Å²) >= 11 is 0. The number of amides is 1. The van der Waals surface area contributed by atoms with Crippen molar-refractivity contribution in [1.82, 2.24) is 9.88 Å². The van der Waals surface area contributed by atoms with Gasteiger partial charge in [0.2, 0.25) is 5.91 Å². The van der Waals surface area contributed by atoms with Crippen molar-refractivity contribution >= 4 is 5.91 Å².